The monoisotopic (exact) mass is 1130 g/mol. The molecule has 0 aliphatic rings. The lowest BCUT2D eigenvalue weighted by Crippen LogP contribution is -2.30. The maximum Gasteiger partial charge on any atom is 0.488 e. The molecule has 0 radical (unpaired) electrons. The summed E-state index contributed by atoms with van der Waals surface area (Å²) >= 11 is 0. The number of primary amides is 1. The summed E-state index contributed by atoms with van der Waals surface area (Å²) in [5.74, 6) is 2.95. The summed E-state index contributed by atoms with van der Waals surface area (Å²) < 4.78 is 60.7. The Balaban J connectivity index is 0.000000194. The number of carbonyl (C=O) groups excluding carboxylic acids is 1. The summed E-state index contributed by atoms with van der Waals surface area (Å²) in [6.45, 7) is 2.13. The van der Waals surface area contributed by atoms with Crippen molar-refractivity contribution in [3.05, 3.63) is 205 Å². The quantitative estimate of drug-likeness (QED) is 0.0502. The number of benzene rings is 8. The molecule has 1 unspecified atom stereocenters. The number of hydrogen-bond acceptors (Lipinski definition) is 14. The Morgan fingerprint density at radius 2 is 0.835 bits per heavy atom. The standard InChI is InChI=1S/C14H16BNO4S.C14H14BNO3.C13H14BNO4S.C13H14BNO3S/c1-21(19,20)16-10-11-5-7-12(8-6-11)13-3-2-4-14(9-13)15(17)18;1-9-6-12(8-13(7-9)15(18)19)10-2-4-11(5-3-10)14(16)17;1-20(18,19)15-13-7-5-10(6-8-13)11-3-2-4-12(9-11)14(16)17;1-19(15,18)13-7-5-10(6-8-13)11-3-2-4-12(9-11)14(16)17/h2-9,16-18H,10H2,1H3;2-8,18-19H,1H3,(H2,16,17);2-9,15-17H,1H3;2-9,16-17H,1H2,(H2,15,18). The van der Waals surface area contributed by atoms with E-state index in [-0.39, 0.29) is 6.54 Å². The van der Waals surface area contributed by atoms with E-state index in [1.165, 1.54) is 0 Å². The first-order valence-corrected chi connectivity index (χ1v) is 29.3. The molecule has 0 saturated heterocycles. The van der Waals surface area contributed by atoms with Crippen LogP contribution in [0.15, 0.2) is 193 Å². The molecular weight excluding hydrogens is 1070 g/mol. The van der Waals surface area contributed by atoms with Gasteiger partial charge in [-0.3, -0.25) is 14.7 Å². The molecule has 0 saturated carbocycles. The molecule has 25 heteroatoms. The van der Waals surface area contributed by atoms with Gasteiger partial charge in [0.2, 0.25) is 26.0 Å². The summed E-state index contributed by atoms with van der Waals surface area (Å²) in [6, 6.07) is 54.0. The van der Waals surface area contributed by atoms with E-state index in [9.17, 15) is 45.9 Å². The van der Waals surface area contributed by atoms with Crippen LogP contribution in [0, 0.1) is 6.92 Å². The first kappa shape index (κ1) is 62.6. The number of carbonyl (C=O) groups is 1. The summed E-state index contributed by atoms with van der Waals surface area (Å²) in [7, 11) is -15.2. The van der Waals surface area contributed by atoms with Crippen LogP contribution in [0.3, 0.4) is 0 Å². The van der Waals surface area contributed by atoms with Gasteiger partial charge >= 0.3 is 28.5 Å². The molecular formula is C54H58B4N4O14S3. The number of nitrogens with two attached hydrogens (primary N) is 2. The number of amides is 1. The number of rotatable bonds is 15. The van der Waals surface area contributed by atoms with Crippen LogP contribution in [0.25, 0.3) is 44.5 Å². The van der Waals surface area contributed by atoms with Crippen molar-refractivity contribution in [2.45, 2.75) is 18.4 Å². The van der Waals surface area contributed by atoms with Crippen LogP contribution < -0.4 is 42.2 Å². The van der Waals surface area contributed by atoms with Gasteiger partial charge in [0.15, 0.2) is 0 Å². The Kier molecular flexibility index (Phi) is 22.3. The van der Waals surface area contributed by atoms with Crippen molar-refractivity contribution >= 4 is 97.5 Å². The van der Waals surface area contributed by atoms with Crippen LogP contribution in [0.4, 0.5) is 5.69 Å². The molecule has 14 N–H and O–H groups in total. The number of nitrogens with one attached hydrogen (secondary N) is 2. The van der Waals surface area contributed by atoms with Gasteiger partial charge in [0.1, 0.15) is 0 Å². The van der Waals surface area contributed by atoms with Crippen LogP contribution in [-0.2, 0) is 36.3 Å². The minimum Gasteiger partial charge on any atom is -0.423 e. The molecule has 8 aromatic rings. The lowest BCUT2D eigenvalue weighted by Gasteiger charge is -2.08. The third-order valence-electron chi connectivity index (χ3n) is 11.4. The minimum atomic E-state index is -3.29. The molecule has 0 aliphatic heterocycles. The van der Waals surface area contributed by atoms with E-state index >= 15 is 0 Å². The highest BCUT2D eigenvalue weighted by atomic mass is 32.2. The first-order chi connectivity index (χ1) is 37.0. The maximum atomic E-state index is 11.6. The van der Waals surface area contributed by atoms with Crippen LogP contribution in [0.5, 0.6) is 0 Å². The minimum absolute atomic E-state index is 0.245. The summed E-state index contributed by atoms with van der Waals surface area (Å²) in [5, 5.41) is 78.8. The second-order valence-corrected chi connectivity index (χ2v) is 23.4. The fourth-order valence-corrected chi connectivity index (χ4v) is 9.03. The van der Waals surface area contributed by atoms with Crippen LogP contribution in [0.1, 0.15) is 21.5 Å². The van der Waals surface area contributed by atoms with Crippen molar-refractivity contribution in [3.63, 3.8) is 0 Å². The molecule has 0 heterocycles. The van der Waals surface area contributed by atoms with Gasteiger partial charge in [0.05, 0.1) is 22.2 Å². The van der Waals surface area contributed by atoms with Gasteiger partial charge < -0.3 is 45.9 Å². The Morgan fingerprint density at radius 3 is 1.20 bits per heavy atom. The van der Waals surface area contributed by atoms with Crippen molar-refractivity contribution < 1.29 is 66.0 Å². The van der Waals surface area contributed by atoms with Gasteiger partial charge in [-0.05, 0) is 121 Å². The van der Waals surface area contributed by atoms with E-state index in [0.29, 0.717) is 38.0 Å². The van der Waals surface area contributed by atoms with Gasteiger partial charge in [-0.1, -0.05) is 157 Å². The molecule has 0 aliphatic carbocycles. The molecule has 8 rings (SSSR count). The molecule has 79 heavy (non-hydrogen) atoms. The largest absolute Gasteiger partial charge is 0.488 e. The third kappa shape index (κ3) is 20.5. The van der Waals surface area contributed by atoms with Crippen LogP contribution in [0.2, 0.25) is 0 Å². The topological polar surface area (TPSA) is 340 Å². The molecule has 408 valence electrons. The average molecular weight is 1130 g/mol. The molecule has 1 amide bonds. The SMILES string of the molecule is C=S(N)(=O)c1ccc(-c2cccc(B(O)O)c2)cc1.CS(=O)(=O)NCc1ccc(-c2cccc(B(O)O)c2)cc1.CS(=O)(=O)Nc1ccc(-c2cccc(B(O)O)c2)cc1.Cc1cc(B(O)O)cc(-c2ccc(C(N)=O)cc2)c1. The fourth-order valence-electron chi connectivity index (χ4n) is 7.44. The zero-order valence-corrected chi connectivity index (χ0v) is 45.5. The molecule has 0 fully saturated rings. The predicted molar refractivity (Wildman–Crippen MR) is 318 cm³/mol. The van der Waals surface area contributed by atoms with Gasteiger partial charge in [0.25, 0.3) is 0 Å². The van der Waals surface area contributed by atoms with E-state index in [1.807, 2.05) is 55.5 Å². The highest BCUT2D eigenvalue weighted by Crippen LogP contribution is 2.24. The Morgan fingerprint density at radius 1 is 0.468 bits per heavy atom. The molecule has 18 nitrogen and oxygen atoms in total. The van der Waals surface area contributed by atoms with Gasteiger partial charge in [0, 0.05) is 22.7 Å². The van der Waals surface area contributed by atoms with Crippen molar-refractivity contribution in [1.82, 2.24) is 4.72 Å². The maximum absolute atomic E-state index is 11.6. The molecule has 0 bridgehead atoms. The Bertz CT molecular complexity index is 3670. The number of sulfonamides is 2. The van der Waals surface area contributed by atoms with Gasteiger partial charge in [-0.25, -0.2) is 25.8 Å². The van der Waals surface area contributed by atoms with Crippen molar-refractivity contribution in [3.8, 4) is 44.5 Å². The van der Waals surface area contributed by atoms with Crippen LogP contribution in [-0.4, -0.2) is 114 Å². The van der Waals surface area contributed by atoms with E-state index in [4.69, 9.17) is 31.0 Å². The van der Waals surface area contributed by atoms with E-state index < -0.39 is 64.1 Å². The van der Waals surface area contributed by atoms with E-state index in [2.05, 4.69) is 15.3 Å². The van der Waals surface area contributed by atoms with Gasteiger partial charge in [-0.15, -0.1) is 0 Å². The molecule has 1 atom stereocenters. The van der Waals surface area contributed by atoms with E-state index in [0.717, 1.165) is 68.1 Å². The molecule has 0 aromatic heterocycles. The first-order valence-electron chi connectivity index (χ1n) is 23.7. The zero-order chi connectivity index (χ0) is 58.2. The highest BCUT2D eigenvalue weighted by molar-refractivity contribution is 7.98. The normalized spacial score (nSPS) is 11.6. The zero-order valence-electron chi connectivity index (χ0n) is 43.0. The number of aryl methyl sites for hydroxylation is 1. The third-order valence-corrected chi connectivity index (χ3v) is 13.7. The smallest absolute Gasteiger partial charge is 0.423 e. The lowest BCUT2D eigenvalue weighted by atomic mass is 9.78. The Hall–Kier alpha value is -7.19. The number of anilines is 1. The summed E-state index contributed by atoms with van der Waals surface area (Å²) in [4.78, 5) is 11.5. The molecule has 0 spiro atoms. The molecule has 8 aromatic carbocycles. The lowest BCUT2D eigenvalue weighted by molar-refractivity contribution is 0.1000. The second kappa shape index (κ2) is 28.1. The van der Waals surface area contributed by atoms with Crippen molar-refractivity contribution in [1.29, 1.82) is 0 Å². The van der Waals surface area contributed by atoms with E-state index in [1.54, 1.807) is 140 Å². The highest BCUT2D eigenvalue weighted by Gasteiger charge is 2.16. The van der Waals surface area contributed by atoms with Crippen LogP contribution >= 0.6 is 0 Å². The van der Waals surface area contributed by atoms with Crippen molar-refractivity contribution in [2.24, 2.45) is 10.9 Å². The summed E-state index contributed by atoms with van der Waals surface area (Å²) in [5.41, 5.74) is 16.5. The Labute approximate surface area is 461 Å². The summed E-state index contributed by atoms with van der Waals surface area (Å²) in [6.07, 6.45) is 2.21. The van der Waals surface area contributed by atoms with Crippen molar-refractivity contribution in [2.75, 3.05) is 17.2 Å². The predicted octanol–water partition coefficient (Wildman–Crippen LogP) is 0.911. The number of hydrogen-bond donors (Lipinski definition) is 12. The fraction of sp³-hybridized carbons (Fsp3) is 0.0741. The second-order valence-electron chi connectivity index (χ2n) is 17.9. The van der Waals surface area contributed by atoms with Gasteiger partial charge in [-0.2, -0.15) is 0 Å². The average Bonchev–Trinajstić information content (AvgIpc) is 3.40.